The van der Waals surface area contributed by atoms with Gasteiger partial charge in [0.15, 0.2) is 17.3 Å². The molecule has 0 aliphatic rings. The predicted octanol–water partition coefficient (Wildman–Crippen LogP) is 3.37. The Hall–Kier alpha value is -4.61. The molecule has 5 aromatic rings. The van der Waals surface area contributed by atoms with Crippen LogP contribution < -0.4 is 15.0 Å². The molecule has 1 atom stereocenters. The van der Waals surface area contributed by atoms with Crippen molar-refractivity contribution in [2.75, 3.05) is 27.9 Å². The van der Waals surface area contributed by atoms with Crippen molar-refractivity contribution in [1.29, 1.82) is 0 Å². The van der Waals surface area contributed by atoms with Gasteiger partial charge in [0, 0.05) is 49.6 Å². The van der Waals surface area contributed by atoms with Gasteiger partial charge < -0.3 is 19.2 Å². The van der Waals surface area contributed by atoms with Crippen LogP contribution in [0.25, 0.3) is 10.9 Å². The van der Waals surface area contributed by atoms with Gasteiger partial charge in [0.25, 0.3) is 5.56 Å². The number of tetrazole rings is 1. The van der Waals surface area contributed by atoms with E-state index >= 15 is 0 Å². The first-order valence-corrected chi connectivity index (χ1v) is 12.8. The largest absolute Gasteiger partial charge is 0.493 e. The van der Waals surface area contributed by atoms with Crippen LogP contribution in [0.1, 0.15) is 28.6 Å². The minimum atomic E-state index is -0.603. The van der Waals surface area contributed by atoms with Gasteiger partial charge in [0.1, 0.15) is 6.04 Å². The number of nitrogens with zero attached hydrogens (tertiary/aromatic N) is 6. The maximum Gasteiger partial charge on any atom is 0.253 e. The lowest BCUT2D eigenvalue weighted by Gasteiger charge is -2.31. The zero-order valence-electron chi connectivity index (χ0n) is 22.7. The third kappa shape index (κ3) is 5.85. The smallest absolute Gasteiger partial charge is 0.253 e. The number of hydrogen-bond donors (Lipinski definition) is 1. The zero-order valence-corrected chi connectivity index (χ0v) is 22.7. The van der Waals surface area contributed by atoms with Gasteiger partial charge in [-0.2, -0.15) is 0 Å². The van der Waals surface area contributed by atoms with Crippen LogP contribution in [-0.2, 0) is 24.4 Å². The molecule has 3 heterocycles. The van der Waals surface area contributed by atoms with E-state index in [-0.39, 0.29) is 5.56 Å². The van der Waals surface area contributed by atoms with E-state index < -0.39 is 6.04 Å². The number of ether oxygens (including phenoxy) is 3. The van der Waals surface area contributed by atoms with Crippen molar-refractivity contribution in [1.82, 2.24) is 35.1 Å². The maximum absolute atomic E-state index is 13.8. The van der Waals surface area contributed by atoms with Crippen molar-refractivity contribution in [3.05, 3.63) is 106 Å². The first kappa shape index (κ1) is 27.0. The third-order valence-electron chi connectivity index (χ3n) is 6.69. The topological polar surface area (TPSA) is 120 Å². The molecule has 40 heavy (non-hydrogen) atoms. The molecule has 0 bridgehead atoms. The fraction of sp³-hybridized carbons (Fsp3) is 0.276. The average Bonchev–Trinajstić information content (AvgIpc) is 3.44. The molecular formula is C29H31N7O4. The van der Waals surface area contributed by atoms with Crippen LogP contribution in [0.15, 0.2) is 77.9 Å². The molecule has 1 N–H and O–H groups in total. The SMILES string of the molecule is COCCn1nnnc1[C@@H](c1cc2cc(OC)c(OC)cc2[nH]c1=O)N(Cc1ccccc1)Cc1cccnc1. The number of rotatable bonds is 12. The molecule has 0 amide bonds. The first-order valence-electron chi connectivity index (χ1n) is 12.8. The molecule has 0 saturated heterocycles. The maximum atomic E-state index is 13.8. The fourth-order valence-electron chi connectivity index (χ4n) is 4.78. The second kappa shape index (κ2) is 12.5. The highest BCUT2D eigenvalue weighted by atomic mass is 16.5. The standard InChI is InChI=1S/C29H31N7O4/c1-38-13-12-36-28(32-33-34-36)27(23-14-22-15-25(39-2)26(40-3)16-24(22)31-29(23)37)35(18-20-8-5-4-6-9-20)19-21-10-7-11-30-17-21/h4-11,14-17,27H,12-13,18-19H2,1-3H3,(H,31,37)/t27-/m1/s1. The van der Waals surface area contributed by atoms with Crippen molar-refractivity contribution < 1.29 is 14.2 Å². The molecule has 11 nitrogen and oxygen atoms in total. The van der Waals surface area contributed by atoms with Gasteiger partial charge in [-0.25, -0.2) is 4.68 Å². The Kier molecular flexibility index (Phi) is 8.43. The highest BCUT2D eigenvalue weighted by Crippen LogP contribution is 2.34. The zero-order chi connectivity index (χ0) is 27.9. The van der Waals surface area contributed by atoms with E-state index in [1.54, 1.807) is 38.3 Å². The van der Waals surface area contributed by atoms with Gasteiger partial charge >= 0.3 is 0 Å². The summed E-state index contributed by atoms with van der Waals surface area (Å²) in [6, 6.07) is 18.9. The lowest BCUT2D eigenvalue weighted by molar-refractivity contribution is 0.169. The summed E-state index contributed by atoms with van der Waals surface area (Å²) < 4.78 is 18.0. The molecule has 0 aliphatic heterocycles. The van der Waals surface area contributed by atoms with E-state index in [2.05, 4.69) is 42.5 Å². The van der Waals surface area contributed by atoms with Gasteiger partial charge in [-0.1, -0.05) is 36.4 Å². The molecule has 0 unspecified atom stereocenters. The van der Waals surface area contributed by atoms with Gasteiger partial charge in [-0.15, -0.1) is 5.10 Å². The number of aromatic nitrogens is 6. The highest BCUT2D eigenvalue weighted by molar-refractivity contribution is 5.83. The lowest BCUT2D eigenvalue weighted by atomic mass is 10.0. The number of pyridine rings is 2. The molecule has 0 fully saturated rings. The summed E-state index contributed by atoms with van der Waals surface area (Å²) in [7, 11) is 4.77. The molecule has 5 rings (SSSR count). The number of nitrogens with one attached hydrogen (secondary N) is 1. The molecular weight excluding hydrogens is 510 g/mol. The average molecular weight is 542 g/mol. The summed E-state index contributed by atoms with van der Waals surface area (Å²) in [5.41, 5.74) is 2.94. The van der Waals surface area contributed by atoms with Gasteiger partial charge in [0.05, 0.1) is 32.9 Å². The van der Waals surface area contributed by atoms with E-state index in [1.807, 2.05) is 48.7 Å². The summed E-state index contributed by atoms with van der Waals surface area (Å²) in [6.07, 6.45) is 3.56. The van der Waals surface area contributed by atoms with E-state index in [0.29, 0.717) is 54.6 Å². The number of H-pyrrole nitrogens is 1. The molecule has 0 saturated carbocycles. The third-order valence-corrected chi connectivity index (χ3v) is 6.69. The van der Waals surface area contributed by atoms with E-state index in [4.69, 9.17) is 14.2 Å². The quantitative estimate of drug-likeness (QED) is 0.253. The van der Waals surface area contributed by atoms with Crippen LogP contribution >= 0.6 is 0 Å². The van der Waals surface area contributed by atoms with E-state index in [0.717, 1.165) is 16.5 Å². The van der Waals surface area contributed by atoms with Gasteiger partial charge in [0.2, 0.25) is 0 Å². The Morgan fingerprint density at radius 2 is 1.70 bits per heavy atom. The minimum absolute atomic E-state index is 0.254. The summed E-state index contributed by atoms with van der Waals surface area (Å²) in [5, 5.41) is 13.4. The Bertz CT molecular complexity index is 1560. The van der Waals surface area contributed by atoms with Crippen LogP contribution in [0, 0.1) is 0 Å². The summed E-state index contributed by atoms with van der Waals surface area (Å²) >= 11 is 0. The first-order chi connectivity index (χ1) is 19.6. The van der Waals surface area contributed by atoms with Gasteiger partial charge in [-0.3, -0.25) is 14.7 Å². The van der Waals surface area contributed by atoms with Crippen LogP contribution in [0.4, 0.5) is 0 Å². The molecule has 2 aromatic carbocycles. The molecule has 0 radical (unpaired) electrons. The fourth-order valence-corrected chi connectivity index (χ4v) is 4.78. The lowest BCUT2D eigenvalue weighted by Crippen LogP contribution is -2.35. The van der Waals surface area contributed by atoms with Crippen LogP contribution in [0.5, 0.6) is 11.5 Å². The van der Waals surface area contributed by atoms with Crippen molar-refractivity contribution in [3.8, 4) is 11.5 Å². The molecule has 0 aliphatic carbocycles. The summed E-state index contributed by atoms with van der Waals surface area (Å²) in [6.45, 7) is 1.87. The van der Waals surface area contributed by atoms with Crippen LogP contribution in [0.3, 0.4) is 0 Å². The Morgan fingerprint density at radius 1 is 0.950 bits per heavy atom. The summed E-state index contributed by atoms with van der Waals surface area (Å²) in [5.74, 6) is 1.62. The van der Waals surface area contributed by atoms with Crippen LogP contribution in [0.2, 0.25) is 0 Å². The summed E-state index contributed by atoms with van der Waals surface area (Å²) in [4.78, 5) is 23.3. The minimum Gasteiger partial charge on any atom is -0.493 e. The molecule has 0 spiro atoms. The second-order valence-corrected chi connectivity index (χ2v) is 9.26. The van der Waals surface area contributed by atoms with Gasteiger partial charge in [-0.05, 0) is 39.8 Å². The number of hydrogen-bond acceptors (Lipinski definition) is 9. The Labute approximate surface area is 231 Å². The molecule has 206 valence electrons. The molecule has 3 aromatic heterocycles. The normalized spacial score (nSPS) is 12.1. The Balaban J connectivity index is 1.70. The second-order valence-electron chi connectivity index (χ2n) is 9.26. The number of fused-ring (bicyclic) bond motifs is 1. The number of methoxy groups -OCH3 is 3. The van der Waals surface area contributed by atoms with E-state index in [9.17, 15) is 4.79 Å². The highest BCUT2D eigenvalue weighted by Gasteiger charge is 2.31. The van der Waals surface area contributed by atoms with Crippen LogP contribution in [-0.4, -0.2) is 63.0 Å². The van der Waals surface area contributed by atoms with Crippen molar-refractivity contribution in [2.24, 2.45) is 0 Å². The monoisotopic (exact) mass is 541 g/mol. The number of aromatic amines is 1. The van der Waals surface area contributed by atoms with Crippen molar-refractivity contribution >= 4 is 10.9 Å². The number of benzene rings is 2. The van der Waals surface area contributed by atoms with Crippen molar-refractivity contribution in [3.63, 3.8) is 0 Å². The van der Waals surface area contributed by atoms with Crippen molar-refractivity contribution in [2.45, 2.75) is 25.7 Å². The van der Waals surface area contributed by atoms with E-state index in [1.165, 1.54) is 0 Å². The predicted molar refractivity (Wildman–Crippen MR) is 149 cm³/mol. The Morgan fingerprint density at radius 3 is 2.42 bits per heavy atom. The molecule has 11 heteroatoms.